The Morgan fingerprint density at radius 3 is 1.32 bits per heavy atom. The topological polar surface area (TPSA) is 46.2 Å². The van der Waals surface area contributed by atoms with Gasteiger partial charge in [0.1, 0.15) is 0 Å². The van der Waals surface area contributed by atoms with E-state index in [0.29, 0.717) is 52.9 Å². The van der Waals surface area contributed by atoms with Gasteiger partial charge >= 0.3 is 0 Å². The Kier molecular flexibility index (Phi) is 13.0. The Labute approximate surface area is 118 Å². The lowest BCUT2D eigenvalue weighted by atomic mass is 10.7. The molecule has 0 heterocycles. The molecule has 19 heavy (non-hydrogen) atoms. The molecule has 0 bridgehead atoms. The minimum atomic E-state index is -1.40. The van der Waals surface area contributed by atoms with Gasteiger partial charge in [0.2, 0.25) is 0 Å². The highest BCUT2D eigenvalue weighted by molar-refractivity contribution is 6.69. The summed E-state index contributed by atoms with van der Waals surface area (Å²) < 4.78 is 26.9. The van der Waals surface area contributed by atoms with Gasteiger partial charge in [-0.3, -0.25) is 0 Å². The lowest BCUT2D eigenvalue weighted by Gasteiger charge is -2.16. The molecule has 0 unspecified atom stereocenters. The van der Waals surface area contributed by atoms with E-state index in [-0.39, 0.29) is 0 Å². The van der Waals surface area contributed by atoms with Gasteiger partial charge in [-0.2, -0.15) is 0 Å². The molecule has 0 aliphatic heterocycles. The van der Waals surface area contributed by atoms with Crippen molar-refractivity contribution in [3.05, 3.63) is 0 Å². The first-order valence-corrected chi connectivity index (χ1v) is 10.4. The predicted octanol–water partition coefficient (Wildman–Crippen LogP) is 1.92. The van der Waals surface area contributed by atoms with Crippen LogP contribution in [0.4, 0.5) is 0 Å². The number of hydrogen-bond donors (Lipinski definition) is 0. The van der Waals surface area contributed by atoms with Crippen LogP contribution in [-0.4, -0.2) is 67.8 Å². The summed E-state index contributed by atoms with van der Waals surface area (Å²) in [7, 11) is -1.40. The summed E-state index contributed by atoms with van der Waals surface area (Å²) in [5, 5.41) is 0. The molecule has 0 amide bonds. The Morgan fingerprint density at radius 2 is 0.947 bits per heavy atom. The Bertz CT molecular complexity index is 184. The van der Waals surface area contributed by atoms with Gasteiger partial charge in [0, 0.05) is 6.61 Å². The normalized spacial score (nSPS) is 12.0. The van der Waals surface area contributed by atoms with E-state index in [2.05, 4.69) is 19.6 Å². The molecule has 0 aromatic rings. The maximum absolute atomic E-state index is 5.66. The molecule has 0 N–H and O–H groups in total. The summed E-state index contributed by atoms with van der Waals surface area (Å²) in [6, 6.07) is 0. The van der Waals surface area contributed by atoms with Crippen molar-refractivity contribution in [3.63, 3.8) is 0 Å². The Hall–Kier alpha value is 0.0169. The summed E-state index contributed by atoms with van der Waals surface area (Å²) in [5.74, 6) is 0. The zero-order valence-electron chi connectivity index (χ0n) is 12.9. The third-order valence-corrected chi connectivity index (χ3v) is 3.15. The van der Waals surface area contributed by atoms with Crippen LogP contribution in [0.3, 0.4) is 0 Å². The van der Waals surface area contributed by atoms with E-state index < -0.39 is 8.32 Å². The summed E-state index contributed by atoms with van der Waals surface area (Å²) in [6.45, 7) is 14.2. The molecule has 0 spiro atoms. The first-order valence-electron chi connectivity index (χ1n) is 7.01. The van der Waals surface area contributed by atoms with E-state index in [4.69, 9.17) is 23.4 Å². The Morgan fingerprint density at radius 1 is 0.579 bits per heavy atom. The average molecular weight is 294 g/mol. The molecule has 0 saturated heterocycles. The van der Waals surface area contributed by atoms with Gasteiger partial charge in [-0.25, -0.2) is 0 Å². The van der Waals surface area contributed by atoms with E-state index in [0.717, 1.165) is 6.61 Å². The van der Waals surface area contributed by atoms with Crippen LogP contribution in [0.2, 0.25) is 19.6 Å². The molecule has 5 nitrogen and oxygen atoms in total. The zero-order valence-corrected chi connectivity index (χ0v) is 13.9. The van der Waals surface area contributed by atoms with Crippen molar-refractivity contribution in [2.45, 2.75) is 26.6 Å². The number of rotatable bonds is 14. The van der Waals surface area contributed by atoms with Gasteiger partial charge < -0.3 is 23.4 Å². The molecule has 0 aromatic heterocycles. The molecule has 0 atom stereocenters. The molecule has 0 aromatic carbocycles. The van der Waals surface area contributed by atoms with Gasteiger partial charge in [0.15, 0.2) is 8.32 Å². The predicted molar refractivity (Wildman–Crippen MR) is 78.2 cm³/mol. The van der Waals surface area contributed by atoms with Crippen molar-refractivity contribution in [2.75, 3.05) is 59.5 Å². The van der Waals surface area contributed by atoms with Crippen LogP contribution in [0.15, 0.2) is 0 Å². The highest BCUT2D eigenvalue weighted by Gasteiger charge is 2.12. The molecule has 0 aliphatic carbocycles. The quantitative estimate of drug-likeness (QED) is 0.362. The molecule has 0 fully saturated rings. The van der Waals surface area contributed by atoms with Crippen LogP contribution in [-0.2, 0) is 23.4 Å². The van der Waals surface area contributed by atoms with E-state index >= 15 is 0 Å². The van der Waals surface area contributed by atoms with Crippen molar-refractivity contribution in [1.29, 1.82) is 0 Å². The summed E-state index contributed by atoms with van der Waals surface area (Å²) >= 11 is 0. The highest BCUT2D eigenvalue weighted by atomic mass is 28.4. The lowest BCUT2D eigenvalue weighted by Crippen LogP contribution is -2.27. The fraction of sp³-hybridized carbons (Fsp3) is 1.00. The molecular formula is C13H30O5Si. The van der Waals surface area contributed by atoms with E-state index in [1.165, 1.54) is 0 Å². The van der Waals surface area contributed by atoms with Gasteiger partial charge in [-0.1, -0.05) is 0 Å². The largest absolute Gasteiger partial charge is 0.415 e. The first kappa shape index (κ1) is 19.0. The fourth-order valence-electron chi connectivity index (χ4n) is 1.21. The molecule has 116 valence electrons. The third-order valence-electron chi connectivity index (χ3n) is 2.08. The lowest BCUT2D eigenvalue weighted by molar-refractivity contribution is -0.00368. The van der Waals surface area contributed by atoms with Crippen LogP contribution in [0, 0.1) is 0 Å². The van der Waals surface area contributed by atoms with Gasteiger partial charge in [0.05, 0.1) is 52.9 Å². The van der Waals surface area contributed by atoms with E-state index in [1.54, 1.807) is 0 Å². The van der Waals surface area contributed by atoms with Crippen molar-refractivity contribution >= 4 is 8.32 Å². The van der Waals surface area contributed by atoms with Crippen LogP contribution < -0.4 is 0 Å². The molecule has 0 rings (SSSR count). The smallest absolute Gasteiger partial charge is 0.183 e. The van der Waals surface area contributed by atoms with E-state index in [1.807, 2.05) is 6.92 Å². The minimum Gasteiger partial charge on any atom is -0.415 e. The van der Waals surface area contributed by atoms with Crippen molar-refractivity contribution in [1.82, 2.24) is 0 Å². The summed E-state index contributed by atoms with van der Waals surface area (Å²) in [6.07, 6.45) is 0. The van der Waals surface area contributed by atoms with Crippen molar-refractivity contribution < 1.29 is 23.4 Å². The monoisotopic (exact) mass is 294 g/mol. The average Bonchev–Trinajstić information content (AvgIpc) is 2.34. The molecule has 0 aliphatic rings. The maximum atomic E-state index is 5.66. The highest BCUT2D eigenvalue weighted by Crippen LogP contribution is 2.01. The van der Waals surface area contributed by atoms with Gasteiger partial charge in [0.25, 0.3) is 0 Å². The van der Waals surface area contributed by atoms with Crippen molar-refractivity contribution in [2.24, 2.45) is 0 Å². The number of hydrogen-bond acceptors (Lipinski definition) is 5. The SMILES string of the molecule is CCOCCOCCOCCOCCO[Si](C)(C)C. The standard InChI is InChI=1S/C13H30O5Si/c1-5-14-6-7-15-8-9-16-10-11-17-12-13-18-19(2,3)4/h5-13H2,1-4H3. The van der Waals surface area contributed by atoms with Crippen LogP contribution >= 0.6 is 0 Å². The summed E-state index contributed by atoms with van der Waals surface area (Å²) in [4.78, 5) is 0. The Balaban J connectivity index is 2.99. The van der Waals surface area contributed by atoms with Gasteiger partial charge in [-0.15, -0.1) is 0 Å². The molecule has 0 saturated carbocycles. The van der Waals surface area contributed by atoms with Crippen LogP contribution in [0.1, 0.15) is 6.92 Å². The number of ether oxygens (including phenoxy) is 4. The minimum absolute atomic E-state index is 0.598. The molecule has 6 heteroatoms. The fourth-order valence-corrected chi connectivity index (χ4v) is 1.91. The van der Waals surface area contributed by atoms with E-state index in [9.17, 15) is 0 Å². The second-order valence-corrected chi connectivity index (χ2v) is 9.51. The summed E-state index contributed by atoms with van der Waals surface area (Å²) in [5.41, 5.74) is 0. The van der Waals surface area contributed by atoms with Gasteiger partial charge in [-0.05, 0) is 26.6 Å². The molecule has 0 radical (unpaired) electrons. The van der Waals surface area contributed by atoms with Crippen molar-refractivity contribution in [3.8, 4) is 0 Å². The second-order valence-electron chi connectivity index (χ2n) is 4.99. The maximum Gasteiger partial charge on any atom is 0.183 e. The van der Waals surface area contributed by atoms with Crippen LogP contribution in [0.25, 0.3) is 0 Å². The second kappa shape index (κ2) is 13.0. The third kappa shape index (κ3) is 18.0. The molecular weight excluding hydrogens is 264 g/mol. The first-order chi connectivity index (χ1) is 9.06. The zero-order chi connectivity index (χ0) is 14.4. The van der Waals surface area contributed by atoms with Crippen LogP contribution in [0.5, 0.6) is 0 Å².